The van der Waals surface area contributed by atoms with E-state index in [2.05, 4.69) is 36.1 Å². The van der Waals surface area contributed by atoms with Gasteiger partial charge >= 0.3 is 0 Å². The lowest BCUT2D eigenvalue weighted by molar-refractivity contribution is -0.132. The zero-order chi connectivity index (χ0) is 18.8. The lowest BCUT2D eigenvalue weighted by Crippen LogP contribution is -2.50. The molecule has 0 aliphatic carbocycles. The second kappa shape index (κ2) is 7.75. The Morgan fingerprint density at radius 1 is 1.15 bits per heavy atom. The van der Waals surface area contributed by atoms with Gasteiger partial charge in [-0.1, -0.05) is 29.8 Å². The van der Waals surface area contributed by atoms with Crippen LogP contribution in [-0.2, 0) is 17.8 Å². The van der Waals surface area contributed by atoms with Crippen molar-refractivity contribution < 1.29 is 4.79 Å². The Bertz CT molecular complexity index is 879. The average molecular weight is 378 g/mol. The van der Waals surface area contributed by atoms with Gasteiger partial charge < -0.3 is 4.90 Å². The third-order valence-corrected chi connectivity index (χ3v) is 6.63. The molecule has 0 bridgehead atoms. The largest absolute Gasteiger partial charge is 0.339 e. The van der Waals surface area contributed by atoms with E-state index in [9.17, 15) is 4.79 Å². The van der Waals surface area contributed by atoms with E-state index in [1.54, 1.807) is 11.8 Å². The van der Waals surface area contributed by atoms with Crippen molar-refractivity contribution in [2.75, 3.05) is 26.2 Å². The fraction of sp³-hybridized carbons (Fsp3) is 0.364. The number of thioether (sulfide) groups is 1. The number of fused-ring (bicyclic) bond motifs is 1. The van der Waals surface area contributed by atoms with Gasteiger partial charge in [-0.15, -0.1) is 11.8 Å². The maximum Gasteiger partial charge on any atom is 0.236 e. The molecule has 2 heterocycles. The van der Waals surface area contributed by atoms with Crippen molar-refractivity contribution in [3.05, 3.63) is 64.7 Å². The van der Waals surface area contributed by atoms with Crippen LogP contribution < -0.4 is 0 Å². The second-order valence-electron chi connectivity index (χ2n) is 7.33. The van der Waals surface area contributed by atoms with Crippen LogP contribution in [0.2, 0.25) is 0 Å². The first kappa shape index (κ1) is 18.1. The van der Waals surface area contributed by atoms with Crippen LogP contribution in [-0.4, -0.2) is 47.1 Å². The molecular weight excluding hydrogens is 354 g/mol. The minimum atomic E-state index is 0.0341. The predicted octanol–water partition coefficient (Wildman–Crippen LogP) is 3.23. The number of piperazine rings is 1. The molecule has 0 N–H and O–H groups in total. The molecule has 2 aliphatic heterocycles. The van der Waals surface area contributed by atoms with Crippen molar-refractivity contribution >= 4 is 17.7 Å². The molecule has 1 fully saturated rings. The Labute approximate surface area is 164 Å². The number of hydrogen-bond acceptors (Lipinski definition) is 4. The molecule has 1 amide bonds. The van der Waals surface area contributed by atoms with Crippen molar-refractivity contribution in [2.24, 2.45) is 0 Å². The molecule has 5 heteroatoms. The van der Waals surface area contributed by atoms with Crippen molar-refractivity contribution in [3.63, 3.8) is 0 Å². The van der Waals surface area contributed by atoms with Crippen LogP contribution in [0.15, 0.2) is 47.4 Å². The molecule has 0 unspecified atom stereocenters. The Balaban J connectivity index is 1.30. The van der Waals surface area contributed by atoms with E-state index in [-0.39, 0.29) is 11.2 Å². The molecule has 0 spiro atoms. The highest BCUT2D eigenvalue weighted by Crippen LogP contribution is 2.38. The highest BCUT2D eigenvalue weighted by atomic mass is 32.2. The summed E-state index contributed by atoms with van der Waals surface area (Å²) < 4.78 is 0. The van der Waals surface area contributed by atoms with Gasteiger partial charge in [-0.3, -0.25) is 9.69 Å². The van der Waals surface area contributed by atoms with E-state index in [1.807, 2.05) is 29.2 Å². The standard InChI is InChI=1S/C22H23N3OS/c1-16-2-7-19-13-21(27-20(19)12-16)22(26)25-10-8-24(9-11-25)15-18-5-3-17(14-23)4-6-18/h2-7,12,21H,8-11,13,15H2,1H3/t21-/m0/s1. The first-order valence-corrected chi connectivity index (χ1v) is 10.3. The molecule has 138 valence electrons. The van der Waals surface area contributed by atoms with Crippen LogP contribution in [0.3, 0.4) is 0 Å². The molecule has 1 atom stereocenters. The Kier molecular flexibility index (Phi) is 5.20. The maximum absolute atomic E-state index is 12.9. The molecule has 2 aromatic carbocycles. The quantitative estimate of drug-likeness (QED) is 0.824. The van der Waals surface area contributed by atoms with Gasteiger partial charge in [-0.25, -0.2) is 0 Å². The molecule has 27 heavy (non-hydrogen) atoms. The van der Waals surface area contributed by atoms with E-state index in [0.717, 1.165) is 39.1 Å². The van der Waals surface area contributed by atoms with Crippen molar-refractivity contribution in [3.8, 4) is 6.07 Å². The fourth-order valence-electron chi connectivity index (χ4n) is 3.75. The van der Waals surface area contributed by atoms with Crippen LogP contribution in [0.5, 0.6) is 0 Å². The van der Waals surface area contributed by atoms with Gasteiger partial charge in [0.05, 0.1) is 16.9 Å². The third-order valence-electron chi connectivity index (χ3n) is 5.35. The summed E-state index contributed by atoms with van der Waals surface area (Å²) in [6.07, 6.45) is 0.852. The number of benzene rings is 2. The predicted molar refractivity (Wildman–Crippen MR) is 108 cm³/mol. The Morgan fingerprint density at radius 3 is 2.59 bits per heavy atom. The second-order valence-corrected chi connectivity index (χ2v) is 8.58. The van der Waals surface area contributed by atoms with Gasteiger partial charge in [0.1, 0.15) is 0 Å². The summed E-state index contributed by atoms with van der Waals surface area (Å²) in [5.41, 5.74) is 4.47. The van der Waals surface area contributed by atoms with Crippen molar-refractivity contribution in [2.45, 2.75) is 30.0 Å². The van der Waals surface area contributed by atoms with E-state index in [0.29, 0.717) is 5.56 Å². The van der Waals surface area contributed by atoms with Gasteiger partial charge in [0, 0.05) is 37.6 Å². The average Bonchev–Trinajstić information content (AvgIpc) is 3.12. The van der Waals surface area contributed by atoms with Crippen LogP contribution in [0.4, 0.5) is 0 Å². The third kappa shape index (κ3) is 4.02. The number of rotatable bonds is 3. The first-order chi connectivity index (χ1) is 13.1. The summed E-state index contributed by atoms with van der Waals surface area (Å²) >= 11 is 1.73. The van der Waals surface area contributed by atoms with Crippen molar-refractivity contribution in [1.29, 1.82) is 5.26 Å². The van der Waals surface area contributed by atoms with Gasteiger partial charge in [0.15, 0.2) is 0 Å². The van der Waals surface area contributed by atoms with Gasteiger partial charge in [-0.2, -0.15) is 5.26 Å². The normalized spacial score (nSPS) is 19.6. The minimum Gasteiger partial charge on any atom is -0.339 e. The monoisotopic (exact) mass is 377 g/mol. The van der Waals surface area contributed by atoms with E-state index < -0.39 is 0 Å². The smallest absolute Gasteiger partial charge is 0.236 e. The zero-order valence-electron chi connectivity index (χ0n) is 15.5. The van der Waals surface area contributed by atoms with Crippen LogP contribution in [0.1, 0.15) is 22.3 Å². The number of hydrogen-bond donors (Lipinski definition) is 0. The highest BCUT2D eigenvalue weighted by molar-refractivity contribution is 8.01. The number of amides is 1. The topological polar surface area (TPSA) is 47.3 Å². The maximum atomic E-state index is 12.9. The molecule has 2 aliphatic rings. The molecule has 4 rings (SSSR count). The van der Waals surface area contributed by atoms with E-state index in [4.69, 9.17) is 5.26 Å². The number of nitriles is 1. The molecule has 2 aromatic rings. The summed E-state index contributed by atoms with van der Waals surface area (Å²) in [5.74, 6) is 0.284. The number of nitrogens with zero attached hydrogens (tertiary/aromatic N) is 3. The van der Waals surface area contributed by atoms with Gasteiger partial charge in [0.25, 0.3) is 0 Å². The van der Waals surface area contributed by atoms with Crippen LogP contribution in [0, 0.1) is 18.3 Å². The SMILES string of the molecule is Cc1ccc2c(c1)S[C@H](C(=O)N1CCN(Cc3ccc(C#N)cc3)CC1)C2. The van der Waals surface area contributed by atoms with E-state index >= 15 is 0 Å². The summed E-state index contributed by atoms with van der Waals surface area (Å²) in [5, 5.41) is 8.93. The number of carbonyl (C=O) groups is 1. The fourth-order valence-corrected chi connectivity index (χ4v) is 5.12. The van der Waals surface area contributed by atoms with Crippen LogP contribution >= 0.6 is 11.8 Å². The first-order valence-electron chi connectivity index (χ1n) is 9.39. The lowest BCUT2D eigenvalue weighted by Gasteiger charge is -2.35. The van der Waals surface area contributed by atoms with Crippen molar-refractivity contribution in [1.82, 2.24) is 9.80 Å². The van der Waals surface area contributed by atoms with Gasteiger partial charge in [0.2, 0.25) is 5.91 Å². The van der Waals surface area contributed by atoms with E-state index in [1.165, 1.54) is 21.6 Å². The molecule has 4 nitrogen and oxygen atoms in total. The Morgan fingerprint density at radius 2 is 1.89 bits per heavy atom. The number of carbonyl (C=O) groups excluding carboxylic acids is 1. The molecule has 0 saturated carbocycles. The summed E-state index contributed by atoms with van der Waals surface area (Å²) in [6.45, 7) is 6.35. The summed E-state index contributed by atoms with van der Waals surface area (Å²) in [7, 11) is 0. The van der Waals surface area contributed by atoms with Gasteiger partial charge in [-0.05, 0) is 42.7 Å². The highest BCUT2D eigenvalue weighted by Gasteiger charge is 2.32. The Hall–Kier alpha value is -2.29. The number of aryl methyl sites for hydroxylation is 1. The molecule has 0 radical (unpaired) electrons. The summed E-state index contributed by atoms with van der Waals surface area (Å²) in [4.78, 5) is 18.6. The molecule has 1 saturated heterocycles. The molecule has 0 aromatic heterocycles. The molecular formula is C22H23N3OS. The summed E-state index contributed by atoms with van der Waals surface area (Å²) in [6, 6.07) is 16.4. The van der Waals surface area contributed by atoms with Crippen LogP contribution in [0.25, 0.3) is 0 Å². The lowest BCUT2D eigenvalue weighted by atomic mass is 10.1. The minimum absolute atomic E-state index is 0.0341. The zero-order valence-corrected chi connectivity index (χ0v) is 16.3.